The highest BCUT2D eigenvalue weighted by Crippen LogP contribution is 2.30. The molecule has 72 valence electrons. The molecule has 1 aromatic carbocycles. The number of ether oxygens (including phenoxy) is 1. The molecule has 0 radical (unpaired) electrons. The van der Waals surface area contributed by atoms with Crippen LogP contribution in [-0.2, 0) is 0 Å². The first kappa shape index (κ1) is 8.74. The summed E-state index contributed by atoms with van der Waals surface area (Å²) in [6, 6.07) is 3.31. The van der Waals surface area contributed by atoms with Gasteiger partial charge in [0.05, 0.1) is 12.6 Å². The Labute approximate surface area is 81.2 Å². The number of hydrogen-bond donors (Lipinski definition) is 1. The average molecular weight is 190 g/mol. The average Bonchev–Trinajstić information content (AvgIpc) is 2.17. The largest absolute Gasteiger partial charge is 0.504 e. The Kier molecular flexibility index (Phi) is 1.96. The van der Waals surface area contributed by atoms with Crippen molar-refractivity contribution >= 4 is 10.9 Å². The Bertz CT molecular complexity index is 483. The predicted octanol–water partition coefficient (Wildman–Crippen LogP) is 1.65. The minimum atomic E-state index is 0.0955. The van der Waals surface area contributed by atoms with Crippen molar-refractivity contribution in [1.82, 2.24) is 9.97 Å². The molecule has 0 aliphatic heterocycles. The van der Waals surface area contributed by atoms with E-state index in [0.717, 1.165) is 16.6 Å². The monoisotopic (exact) mass is 190 g/mol. The molecule has 1 heterocycles. The van der Waals surface area contributed by atoms with Gasteiger partial charge in [-0.25, -0.2) is 9.97 Å². The number of methoxy groups -OCH3 is 1. The lowest BCUT2D eigenvalue weighted by Gasteiger charge is -2.05. The van der Waals surface area contributed by atoms with Crippen LogP contribution in [0.4, 0.5) is 0 Å². The van der Waals surface area contributed by atoms with Gasteiger partial charge in [-0.3, -0.25) is 0 Å². The topological polar surface area (TPSA) is 55.2 Å². The number of rotatable bonds is 1. The molecular formula is C10H10N2O2. The van der Waals surface area contributed by atoms with Gasteiger partial charge in [-0.05, 0) is 13.0 Å². The van der Waals surface area contributed by atoms with Crippen LogP contribution < -0.4 is 4.74 Å². The first-order chi connectivity index (χ1) is 6.72. The molecule has 0 spiro atoms. The van der Waals surface area contributed by atoms with Gasteiger partial charge in [-0.15, -0.1) is 0 Å². The number of nitrogens with zero attached hydrogens (tertiary/aromatic N) is 2. The van der Waals surface area contributed by atoms with Crippen LogP contribution in [-0.4, -0.2) is 22.2 Å². The Hall–Kier alpha value is -1.84. The van der Waals surface area contributed by atoms with Gasteiger partial charge in [0.15, 0.2) is 11.5 Å². The Morgan fingerprint density at radius 1 is 1.29 bits per heavy atom. The van der Waals surface area contributed by atoms with Crippen LogP contribution in [0.25, 0.3) is 10.9 Å². The lowest BCUT2D eigenvalue weighted by molar-refractivity contribution is 0.374. The molecule has 0 bridgehead atoms. The van der Waals surface area contributed by atoms with Gasteiger partial charge in [0, 0.05) is 17.1 Å². The summed E-state index contributed by atoms with van der Waals surface area (Å²) in [7, 11) is 1.51. The van der Waals surface area contributed by atoms with Gasteiger partial charge < -0.3 is 9.84 Å². The zero-order valence-electron chi connectivity index (χ0n) is 7.98. The number of phenolic OH excluding ortho intramolecular Hbond substituents is 1. The van der Waals surface area contributed by atoms with E-state index in [1.54, 1.807) is 12.1 Å². The highest BCUT2D eigenvalue weighted by molar-refractivity contribution is 5.84. The molecule has 1 aromatic heterocycles. The second-order valence-electron chi connectivity index (χ2n) is 3.00. The number of aryl methyl sites for hydroxylation is 1. The SMILES string of the molecule is COc1cc2c(C)ncnc2cc1O. The van der Waals surface area contributed by atoms with E-state index in [1.807, 2.05) is 6.92 Å². The lowest BCUT2D eigenvalue weighted by atomic mass is 10.2. The summed E-state index contributed by atoms with van der Waals surface area (Å²) in [5, 5.41) is 10.4. The summed E-state index contributed by atoms with van der Waals surface area (Å²) in [4.78, 5) is 8.12. The van der Waals surface area contributed by atoms with Crippen LogP contribution in [0.2, 0.25) is 0 Å². The van der Waals surface area contributed by atoms with E-state index in [-0.39, 0.29) is 5.75 Å². The van der Waals surface area contributed by atoms with Crippen LogP contribution in [0.3, 0.4) is 0 Å². The number of hydrogen-bond acceptors (Lipinski definition) is 4. The Morgan fingerprint density at radius 3 is 2.79 bits per heavy atom. The standard InChI is InChI=1S/C10H10N2O2/c1-6-7-3-10(14-2)9(13)4-8(7)12-5-11-6/h3-5,13H,1-2H3. The number of aromatic hydroxyl groups is 1. The minimum absolute atomic E-state index is 0.0955. The van der Waals surface area contributed by atoms with E-state index >= 15 is 0 Å². The fraction of sp³-hybridized carbons (Fsp3) is 0.200. The quantitative estimate of drug-likeness (QED) is 0.742. The van der Waals surface area contributed by atoms with Gasteiger partial charge in [-0.2, -0.15) is 0 Å². The Morgan fingerprint density at radius 2 is 2.07 bits per heavy atom. The number of fused-ring (bicyclic) bond motifs is 1. The molecule has 4 heteroatoms. The highest BCUT2D eigenvalue weighted by Gasteiger charge is 2.06. The second kappa shape index (κ2) is 3.14. The molecule has 0 unspecified atom stereocenters. The maximum absolute atomic E-state index is 9.51. The van der Waals surface area contributed by atoms with E-state index in [2.05, 4.69) is 9.97 Å². The zero-order valence-corrected chi connectivity index (χ0v) is 7.98. The predicted molar refractivity (Wildman–Crippen MR) is 52.5 cm³/mol. The fourth-order valence-electron chi connectivity index (χ4n) is 1.36. The van der Waals surface area contributed by atoms with E-state index in [4.69, 9.17) is 4.74 Å². The van der Waals surface area contributed by atoms with Gasteiger partial charge in [0.25, 0.3) is 0 Å². The third kappa shape index (κ3) is 1.25. The summed E-state index contributed by atoms with van der Waals surface area (Å²) < 4.78 is 5.00. The smallest absolute Gasteiger partial charge is 0.161 e. The molecule has 2 rings (SSSR count). The van der Waals surface area contributed by atoms with E-state index < -0.39 is 0 Å². The maximum atomic E-state index is 9.51. The maximum Gasteiger partial charge on any atom is 0.161 e. The summed E-state index contributed by atoms with van der Waals surface area (Å²) in [5.41, 5.74) is 1.59. The van der Waals surface area contributed by atoms with Crippen molar-refractivity contribution in [2.24, 2.45) is 0 Å². The minimum Gasteiger partial charge on any atom is -0.504 e. The van der Waals surface area contributed by atoms with Crippen molar-refractivity contribution in [3.8, 4) is 11.5 Å². The van der Waals surface area contributed by atoms with Crippen LogP contribution in [0.15, 0.2) is 18.5 Å². The molecule has 0 aliphatic carbocycles. The number of aromatic nitrogens is 2. The molecule has 4 nitrogen and oxygen atoms in total. The summed E-state index contributed by atoms with van der Waals surface area (Å²) in [6.45, 7) is 1.89. The number of phenols is 1. The van der Waals surface area contributed by atoms with Crippen molar-refractivity contribution in [1.29, 1.82) is 0 Å². The highest BCUT2D eigenvalue weighted by atomic mass is 16.5. The van der Waals surface area contributed by atoms with Crippen molar-refractivity contribution in [3.05, 3.63) is 24.2 Å². The molecular weight excluding hydrogens is 180 g/mol. The van der Waals surface area contributed by atoms with Crippen LogP contribution >= 0.6 is 0 Å². The molecule has 0 saturated heterocycles. The van der Waals surface area contributed by atoms with Crippen LogP contribution in [0, 0.1) is 6.92 Å². The first-order valence-corrected chi connectivity index (χ1v) is 4.20. The van der Waals surface area contributed by atoms with E-state index in [9.17, 15) is 5.11 Å². The third-order valence-electron chi connectivity index (χ3n) is 2.14. The van der Waals surface area contributed by atoms with Gasteiger partial charge in [0.2, 0.25) is 0 Å². The molecule has 0 amide bonds. The lowest BCUT2D eigenvalue weighted by Crippen LogP contribution is -1.89. The van der Waals surface area contributed by atoms with E-state index in [0.29, 0.717) is 5.75 Å². The van der Waals surface area contributed by atoms with Gasteiger partial charge >= 0.3 is 0 Å². The van der Waals surface area contributed by atoms with Crippen molar-refractivity contribution in [2.75, 3.05) is 7.11 Å². The van der Waals surface area contributed by atoms with E-state index in [1.165, 1.54) is 13.4 Å². The van der Waals surface area contributed by atoms with Crippen LogP contribution in [0.5, 0.6) is 11.5 Å². The molecule has 0 atom stereocenters. The zero-order chi connectivity index (χ0) is 10.1. The second-order valence-corrected chi connectivity index (χ2v) is 3.00. The number of benzene rings is 1. The summed E-state index contributed by atoms with van der Waals surface area (Å²) in [5.74, 6) is 0.536. The van der Waals surface area contributed by atoms with Crippen molar-refractivity contribution in [3.63, 3.8) is 0 Å². The van der Waals surface area contributed by atoms with Crippen LogP contribution in [0.1, 0.15) is 5.69 Å². The molecule has 0 saturated carbocycles. The first-order valence-electron chi connectivity index (χ1n) is 4.20. The molecule has 2 aromatic rings. The molecule has 0 aliphatic rings. The van der Waals surface area contributed by atoms with Crippen molar-refractivity contribution < 1.29 is 9.84 Å². The summed E-state index contributed by atoms with van der Waals surface area (Å²) in [6.07, 6.45) is 1.48. The molecule has 0 fully saturated rings. The van der Waals surface area contributed by atoms with Crippen molar-refractivity contribution in [2.45, 2.75) is 6.92 Å². The van der Waals surface area contributed by atoms with Gasteiger partial charge in [0.1, 0.15) is 6.33 Å². The fourth-order valence-corrected chi connectivity index (χ4v) is 1.36. The van der Waals surface area contributed by atoms with Gasteiger partial charge in [-0.1, -0.05) is 0 Å². The molecule has 14 heavy (non-hydrogen) atoms. The summed E-state index contributed by atoms with van der Waals surface area (Å²) >= 11 is 0. The normalized spacial score (nSPS) is 10.4. The Balaban J connectivity index is 2.80. The molecule has 1 N–H and O–H groups in total. The third-order valence-corrected chi connectivity index (χ3v) is 2.14.